The van der Waals surface area contributed by atoms with Gasteiger partial charge >= 0.3 is 5.69 Å². The van der Waals surface area contributed by atoms with Gasteiger partial charge in [-0.15, -0.1) is 0 Å². The molecule has 5 heteroatoms. The van der Waals surface area contributed by atoms with Gasteiger partial charge in [0.15, 0.2) is 0 Å². The molecule has 14 heavy (non-hydrogen) atoms. The SMILES string of the molecule is Cn1cnn(-c2ccccc2Cl)c1=O. The Balaban J connectivity index is 2.67. The number of nitrogens with zero attached hydrogens (tertiary/aromatic N) is 3. The first kappa shape index (κ1) is 9.02. The molecule has 0 aliphatic carbocycles. The molecule has 1 heterocycles. The van der Waals surface area contributed by atoms with E-state index in [1.807, 2.05) is 6.07 Å². The Hall–Kier alpha value is -1.55. The zero-order valence-corrected chi connectivity index (χ0v) is 8.27. The lowest BCUT2D eigenvalue weighted by molar-refractivity contribution is 0.799. The van der Waals surface area contributed by atoms with E-state index in [-0.39, 0.29) is 5.69 Å². The standard InChI is InChI=1S/C9H8ClN3O/c1-12-6-11-13(9(12)14)8-5-3-2-4-7(8)10/h2-6H,1H3. The molecule has 2 aromatic rings. The van der Waals surface area contributed by atoms with E-state index in [0.29, 0.717) is 10.7 Å². The van der Waals surface area contributed by atoms with Crippen molar-refractivity contribution in [2.45, 2.75) is 0 Å². The van der Waals surface area contributed by atoms with Gasteiger partial charge in [0.05, 0.1) is 10.7 Å². The normalized spacial score (nSPS) is 10.4. The number of aryl methyl sites for hydroxylation is 1. The highest BCUT2D eigenvalue weighted by atomic mass is 35.5. The molecule has 0 amide bonds. The van der Waals surface area contributed by atoms with Crippen LogP contribution in [0.1, 0.15) is 0 Å². The Morgan fingerprint density at radius 3 is 2.64 bits per heavy atom. The molecule has 1 aromatic heterocycles. The number of benzene rings is 1. The Morgan fingerprint density at radius 2 is 2.07 bits per heavy atom. The van der Waals surface area contributed by atoms with E-state index in [2.05, 4.69) is 5.10 Å². The Bertz CT molecular complexity index is 515. The van der Waals surface area contributed by atoms with Crippen LogP contribution in [0.5, 0.6) is 0 Å². The molecule has 0 fully saturated rings. The summed E-state index contributed by atoms with van der Waals surface area (Å²) < 4.78 is 2.66. The number of rotatable bonds is 1. The molecular weight excluding hydrogens is 202 g/mol. The van der Waals surface area contributed by atoms with Crippen molar-refractivity contribution >= 4 is 11.6 Å². The first-order valence-corrected chi connectivity index (χ1v) is 4.43. The highest BCUT2D eigenvalue weighted by Crippen LogP contribution is 2.16. The summed E-state index contributed by atoms with van der Waals surface area (Å²) in [6, 6.07) is 7.08. The lowest BCUT2D eigenvalue weighted by atomic mass is 10.3. The minimum atomic E-state index is -0.210. The van der Waals surface area contributed by atoms with Crippen LogP contribution in [0.15, 0.2) is 35.4 Å². The van der Waals surface area contributed by atoms with Crippen LogP contribution >= 0.6 is 11.6 Å². The third kappa shape index (κ3) is 1.33. The molecule has 4 nitrogen and oxygen atoms in total. The lowest BCUT2D eigenvalue weighted by Gasteiger charge is -2.00. The van der Waals surface area contributed by atoms with Crippen LogP contribution in [0.25, 0.3) is 5.69 Å². The van der Waals surface area contributed by atoms with E-state index in [1.165, 1.54) is 15.6 Å². The van der Waals surface area contributed by atoms with Gasteiger partial charge in [0.25, 0.3) is 0 Å². The summed E-state index contributed by atoms with van der Waals surface area (Å²) in [7, 11) is 1.64. The van der Waals surface area contributed by atoms with Gasteiger partial charge in [0, 0.05) is 7.05 Å². The van der Waals surface area contributed by atoms with E-state index in [4.69, 9.17) is 11.6 Å². The highest BCUT2D eigenvalue weighted by Gasteiger charge is 2.06. The third-order valence-electron chi connectivity index (χ3n) is 1.90. The molecule has 72 valence electrons. The van der Waals surface area contributed by atoms with Crippen molar-refractivity contribution in [2.24, 2.45) is 7.05 Å². The maximum absolute atomic E-state index is 11.5. The zero-order valence-electron chi connectivity index (χ0n) is 7.51. The van der Waals surface area contributed by atoms with Gasteiger partial charge in [-0.2, -0.15) is 9.78 Å². The zero-order chi connectivity index (χ0) is 10.1. The van der Waals surface area contributed by atoms with E-state index < -0.39 is 0 Å². The first-order valence-electron chi connectivity index (χ1n) is 4.05. The maximum Gasteiger partial charge on any atom is 0.350 e. The molecule has 0 bridgehead atoms. The number of aromatic nitrogens is 3. The number of para-hydroxylation sites is 1. The van der Waals surface area contributed by atoms with Crippen LogP contribution in [-0.4, -0.2) is 14.3 Å². The van der Waals surface area contributed by atoms with Gasteiger partial charge < -0.3 is 0 Å². The van der Waals surface area contributed by atoms with Crippen molar-refractivity contribution in [3.8, 4) is 5.69 Å². The van der Waals surface area contributed by atoms with Gasteiger partial charge in [-0.1, -0.05) is 23.7 Å². The molecule has 0 spiro atoms. The van der Waals surface area contributed by atoms with E-state index in [0.717, 1.165) is 0 Å². The molecule has 0 unspecified atom stereocenters. The largest absolute Gasteiger partial charge is 0.350 e. The topological polar surface area (TPSA) is 39.8 Å². The summed E-state index contributed by atoms with van der Waals surface area (Å²) in [5.41, 5.74) is 0.387. The molecule has 0 N–H and O–H groups in total. The summed E-state index contributed by atoms with van der Waals surface area (Å²) in [5, 5.41) is 4.44. The van der Waals surface area contributed by atoms with Crippen molar-refractivity contribution in [2.75, 3.05) is 0 Å². The molecule has 0 aliphatic heterocycles. The quantitative estimate of drug-likeness (QED) is 0.709. The monoisotopic (exact) mass is 209 g/mol. The van der Waals surface area contributed by atoms with Crippen LogP contribution in [0.3, 0.4) is 0 Å². The molecular formula is C9H8ClN3O. The number of hydrogen-bond donors (Lipinski definition) is 0. The van der Waals surface area contributed by atoms with Gasteiger partial charge in [-0.3, -0.25) is 4.57 Å². The van der Waals surface area contributed by atoms with Crippen LogP contribution in [0, 0.1) is 0 Å². The molecule has 1 aromatic carbocycles. The lowest BCUT2D eigenvalue weighted by Crippen LogP contribution is -2.21. The molecule has 0 aliphatic rings. The van der Waals surface area contributed by atoms with Crippen molar-refractivity contribution in [3.63, 3.8) is 0 Å². The van der Waals surface area contributed by atoms with Crippen LogP contribution in [0.2, 0.25) is 5.02 Å². The van der Waals surface area contributed by atoms with Crippen molar-refractivity contribution in [1.82, 2.24) is 14.3 Å². The number of halogens is 1. The summed E-state index contributed by atoms with van der Waals surface area (Å²) >= 11 is 5.93. The van der Waals surface area contributed by atoms with Crippen molar-refractivity contribution in [3.05, 3.63) is 46.1 Å². The van der Waals surface area contributed by atoms with Crippen LogP contribution < -0.4 is 5.69 Å². The van der Waals surface area contributed by atoms with Crippen molar-refractivity contribution in [1.29, 1.82) is 0 Å². The molecule has 0 saturated heterocycles. The van der Waals surface area contributed by atoms with Gasteiger partial charge in [-0.05, 0) is 12.1 Å². The summed E-state index contributed by atoms with van der Waals surface area (Å²) in [4.78, 5) is 11.5. The van der Waals surface area contributed by atoms with Gasteiger partial charge in [0.2, 0.25) is 0 Å². The summed E-state index contributed by atoms with van der Waals surface area (Å²) in [5.74, 6) is 0. The second-order valence-electron chi connectivity index (χ2n) is 2.89. The minimum absolute atomic E-state index is 0.210. The molecule has 0 radical (unpaired) electrons. The fourth-order valence-electron chi connectivity index (χ4n) is 1.17. The average Bonchev–Trinajstić information content (AvgIpc) is 2.49. The third-order valence-corrected chi connectivity index (χ3v) is 2.22. The Morgan fingerprint density at radius 1 is 1.36 bits per heavy atom. The summed E-state index contributed by atoms with van der Waals surface area (Å²) in [6.07, 6.45) is 1.45. The van der Waals surface area contributed by atoms with Crippen molar-refractivity contribution < 1.29 is 0 Å². The molecule has 0 atom stereocenters. The van der Waals surface area contributed by atoms with Crippen LogP contribution in [0.4, 0.5) is 0 Å². The second kappa shape index (κ2) is 3.31. The van der Waals surface area contributed by atoms with Gasteiger partial charge in [-0.25, -0.2) is 4.79 Å². The van der Waals surface area contributed by atoms with Gasteiger partial charge in [0.1, 0.15) is 6.33 Å². The van der Waals surface area contributed by atoms with E-state index in [9.17, 15) is 4.79 Å². The summed E-state index contributed by atoms with van der Waals surface area (Å²) in [6.45, 7) is 0. The van der Waals surface area contributed by atoms with E-state index in [1.54, 1.807) is 25.2 Å². The smallest absolute Gasteiger partial charge is 0.284 e. The molecule has 0 saturated carbocycles. The Kier molecular flexibility index (Phi) is 2.13. The fraction of sp³-hybridized carbons (Fsp3) is 0.111. The predicted molar refractivity (Wildman–Crippen MR) is 53.8 cm³/mol. The average molecular weight is 210 g/mol. The predicted octanol–water partition coefficient (Wildman–Crippen LogP) is 1.22. The van der Waals surface area contributed by atoms with E-state index >= 15 is 0 Å². The first-order chi connectivity index (χ1) is 6.70. The highest BCUT2D eigenvalue weighted by molar-refractivity contribution is 6.32. The molecule has 2 rings (SSSR count). The fourth-order valence-corrected chi connectivity index (χ4v) is 1.38. The van der Waals surface area contributed by atoms with Crippen LogP contribution in [-0.2, 0) is 7.05 Å². The second-order valence-corrected chi connectivity index (χ2v) is 3.29. The minimum Gasteiger partial charge on any atom is -0.284 e. The maximum atomic E-state index is 11.5. The Labute approximate surface area is 85.4 Å². The number of hydrogen-bond acceptors (Lipinski definition) is 2.